The molecule has 0 spiro atoms. The van der Waals surface area contributed by atoms with Gasteiger partial charge in [0.15, 0.2) is 6.61 Å². The van der Waals surface area contributed by atoms with Gasteiger partial charge in [-0.05, 0) is 35.6 Å². The van der Waals surface area contributed by atoms with Crippen molar-refractivity contribution in [3.05, 3.63) is 65.7 Å². The maximum atomic E-state index is 12.0. The fourth-order valence-electron chi connectivity index (χ4n) is 2.30. The van der Waals surface area contributed by atoms with Gasteiger partial charge in [-0.1, -0.05) is 63.2 Å². The first kappa shape index (κ1) is 17.1. The van der Waals surface area contributed by atoms with Crippen LogP contribution in [-0.4, -0.2) is 12.5 Å². The van der Waals surface area contributed by atoms with Crippen molar-refractivity contribution in [1.82, 2.24) is 5.32 Å². The van der Waals surface area contributed by atoms with Crippen LogP contribution in [0.15, 0.2) is 54.6 Å². The number of rotatable bonds is 5. The van der Waals surface area contributed by atoms with Gasteiger partial charge in [0.2, 0.25) is 0 Å². The summed E-state index contributed by atoms with van der Waals surface area (Å²) in [4.78, 5) is 12.0. The monoisotopic (exact) mass is 311 g/mol. The summed E-state index contributed by atoms with van der Waals surface area (Å²) in [6.07, 6.45) is 0. The maximum absolute atomic E-state index is 12.0. The molecule has 0 bridgehead atoms. The lowest BCUT2D eigenvalue weighted by atomic mass is 9.86. The van der Waals surface area contributed by atoms with Gasteiger partial charge in [-0.15, -0.1) is 0 Å². The van der Waals surface area contributed by atoms with Crippen LogP contribution in [0.2, 0.25) is 0 Å². The van der Waals surface area contributed by atoms with Crippen molar-refractivity contribution in [2.75, 3.05) is 6.61 Å². The van der Waals surface area contributed by atoms with E-state index >= 15 is 0 Å². The Morgan fingerprint density at radius 1 is 1.04 bits per heavy atom. The summed E-state index contributed by atoms with van der Waals surface area (Å²) in [5, 5.41) is 2.96. The van der Waals surface area contributed by atoms with Crippen LogP contribution in [0.4, 0.5) is 0 Å². The van der Waals surface area contributed by atoms with E-state index in [0.29, 0.717) is 5.75 Å². The molecule has 2 aromatic carbocycles. The molecule has 0 saturated carbocycles. The van der Waals surface area contributed by atoms with Gasteiger partial charge in [0.25, 0.3) is 5.91 Å². The Labute approximate surface area is 138 Å². The molecule has 0 unspecified atom stereocenters. The van der Waals surface area contributed by atoms with Gasteiger partial charge in [-0.25, -0.2) is 0 Å². The first-order chi connectivity index (χ1) is 10.9. The van der Waals surface area contributed by atoms with Crippen molar-refractivity contribution in [3.63, 3.8) is 0 Å². The van der Waals surface area contributed by atoms with Crippen molar-refractivity contribution >= 4 is 5.91 Å². The number of nitrogens with one attached hydrogen (secondary N) is 1. The van der Waals surface area contributed by atoms with Crippen LogP contribution in [0.25, 0.3) is 0 Å². The van der Waals surface area contributed by atoms with Crippen molar-refractivity contribution < 1.29 is 9.53 Å². The molecule has 0 aliphatic heterocycles. The van der Waals surface area contributed by atoms with Crippen LogP contribution in [0, 0.1) is 0 Å². The van der Waals surface area contributed by atoms with Gasteiger partial charge in [-0.3, -0.25) is 4.79 Å². The predicted octanol–water partition coefficient (Wildman–Crippen LogP) is 4.24. The van der Waals surface area contributed by atoms with Gasteiger partial charge in [0, 0.05) is 0 Å². The van der Waals surface area contributed by atoms with Crippen LogP contribution in [0.3, 0.4) is 0 Å². The number of hydrogen-bond donors (Lipinski definition) is 1. The zero-order chi connectivity index (χ0) is 16.9. The Bertz CT molecular complexity index is 627. The minimum Gasteiger partial charge on any atom is -0.484 e. The second-order valence-corrected chi connectivity index (χ2v) is 6.76. The lowest BCUT2D eigenvalue weighted by Crippen LogP contribution is -2.31. The Kier molecular flexibility index (Phi) is 5.43. The molecule has 0 aliphatic carbocycles. The van der Waals surface area contributed by atoms with E-state index in [1.165, 1.54) is 5.56 Å². The number of benzene rings is 2. The fourth-order valence-corrected chi connectivity index (χ4v) is 2.30. The fraction of sp³-hybridized carbons (Fsp3) is 0.350. The SMILES string of the molecule is C[C@@H](NC(=O)COc1ccccc1)c1ccc(C(C)(C)C)cc1. The first-order valence-corrected chi connectivity index (χ1v) is 7.94. The number of carbonyl (C=O) groups excluding carboxylic acids is 1. The Balaban J connectivity index is 1.88. The zero-order valence-electron chi connectivity index (χ0n) is 14.3. The van der Waals surface area contributed by atoms with E-state index in [2.05, 4.69) is 50.4 Å². The third-order valence-electron chi connectivity index (χ3n) is 3.77. The van der Waals surface area contributed by atoms with E-state index in [0.717, 1.165) is 5.56 Å². The topological polar surface area (TPSA) is 38.3 Å². The molecule has 23 heavy (non-hydrogen) atoms. The van der Waals surface area contributed by atoms with E-state index in [1.54, 1.807) is 0 Å². The quantitative estimate of drug-likeness (QED) is 0.897. The molecule has 1 atom stereocenters. The predicted molar refractivity (Wildman–Crippen MR) is 93.6 cm³/mol. The second-order valence-electron chi connectivity index (χ2n) is 6.76. The van der Waals surface area contributed by atoms with Gasteiger partial charge in [-0.2, -0.15) is 0 Å². The van der Waals surface area contributed by atoms with Crippen LogP contribution in [0.1, 0.15) is 44.9 Å². The highest BCUT2D eigenvalue weighted by atomic mass is 16.5. The van der Waals surface area contributed by atoms with Crippen LogP contribution < -0.4 is 10.1 Å². The summed E-state index contributed by atoms with van der Waals surface area (Å²) in [6.45, 7) is 8.57. The van der Waals surface area contributed by atoms with E-state index in [9.17, 15) is 4.79 Å². The molecule has 1 N–H and O–H groups in total. The van der Waals surface area contributed by atoms with Crippen molar-refractivity contribution in [2.45, 2.75) is 39.2 Å². The van der Waals surface area contributed by atoms with Gasteiger partial charge >= 0.3 is 0 Å². The van der Waals surface area contributed by atoms with E-state index < -0.39 is 0 Å². The molecule has 0 radical (unpaired) electrons. The summed E-state index contributed by atoms with van der Waals surface area (Å²) >= 11 is 0. The van der Waals surface area contributed by atoms with Crippen molar-refractivity contribution in [3.8, 4) is 5.75 Å². The molecule has 122 valence electrons. The molecule has 0 fully saturated rings. The van der Waals surface area contributed by atoms with E-state index in [1.807, 2.05) is 37.3 Å². The minimum atomic E-state index is -0.124. The van der Waals surface area contributed by atoms with Crippen LogP contribution >= 0.6 is 0 Å². The molecule has 0 heterocycles. The minimum absolute atomic E-state index is 0.0223. The summed E-state index contributed by atoms with van der Waals surface area (Å²) in [6, 6.07) is 17.7. The molecule has 3 heteroatoms. The molecule has 2 aromatic rings. The average Bonchev–Trinajstić information content (AvgIpc) is 2.53. The molecule has 0 aromatic heterocycles. The number of hydrogen-bond acceptors (Lipinski definition) is 2. The Morgan fingerprint density at radius 2 is 1.65 bits per heavy atom. The normalized spacial score (nSPS) is 12.5. The van der Waals surface area contributed by atoms with Gasteiger partial charge < -0.3 is 10.1 Å². The first-order valence-electron chi connectivity index (χ1n) is 7.94. The van der Waals surface area contributed by atoms with E-state index in [-0.39, 0.29) is 24.0 Å². The average molecular weight is 311 g/mol. The van der Waals surface area contributed by atoms with Crippen LogP contribution in [0.5, 0.6) is 5.75 Å². The molecule has 3 nitrogen and oxygen atoms in total. The third-order valence-corrected chi connectivity index (χ3v) is 3.77. The summed E-state index contributed by atoms with van der Waals surface area (Å²) < 4.78 is 5.46. The molecular formula is C20H25NO2. The molecule has 0 aliphatic rings. The number of para-hydroxylation sites is 1. The summed E-state index contributed by atoms with van der Waals surface area (Å²) in [5.41, 5.74) is 2.51. The highest BCUT2D eigenvalue weighted by molar-refractivity contribution is 5.78. The molecular weight excluding hydrogens is 286 g/mol. The number of amides is 1. The van der Waals surface area contributed by atoms with Crippen LogP contribution in [-0.2, 0) is 10.2 Å². The summed E-state index contributed by atoms with van der Waals surface area (Å²) in [5.74, 6) is 0.575. The zero-order valence-corrected chi connectivity index (χ0v) is 14.3. The Hall–Kier alpha value is -2.29. The smallest absolute Gasteiger partial charge is 0.258 e. The molecule has 1 amide bonds. The van der Waals surface area contributed by atoms with Crippen molar-refractivity contribution in [1.29, 1.82) is 0 Å². The molecule has 0 saturated heterocycles. The summed E-state index contributed by atoms with van der Waals surface area (Å²) in [7, 11) is 0. The highest BCUT2D eigenvalue weighted by Gasteiger charge is 2.15. The highest BCUT2D eigenvalue weighted by Crippen LogP contribution is 2.23. The lowest BCUT2D eigenvalue weighted by molar-refractivity contribution is -0.123. The molecule has 2 rings (SSSR count). The van der Waals surface area contributed by atoms with Crippen molar-refractivity contribution in [2.24, 2.45) is 0 Å². The van der Waals surface area contributed by atoms with Gasteiger partial charge in [0.1, 0.15) is 5.75 Å². The maximum Gasteiger partial charge on any atom is 0.258 e. The largest absolute Gasteiger partial charge is 0.484 e. The Morgan fingerprint density at radius 3 is 2.22 bits per heavy atom. The third kappa shape index (κ3) is 5.13. The number of ether oxygens (including phenoxy) is 1. The van der Waals surface area contributed by atoms with E-state index in [4.69, 9.17) is 4.74 Å². The number of carbonyl (C=O) groups is 1. The lowest BCUT2D eigenvalue weighted by Gasteiger charge is -2.20. The van der Waals surface area contributed by atoms with Gasteiger partial charge in [0.05, 0.1) is 6.04 Å². The standard InChI is InChI=1S/C20H25NO2/c1-15(16-10-12-17(13-11-16)20(2,3)4)21-19(22)14-23-18-8-6-5-7-9-18/h5-13,15H,14H2,1-4H3,(H,21,22)/t15-/m1/s1. The second kappa shape index (κ2) is 7.32.